The van der Waals surface area contributed by atoms with Gasteiger partial charge in [0.25, 0.3) is 5.91 Å². The second kappa shape index (κ2) is 6.59. The quantitative estimate of drug-likeness (QED) is 0.818. The smallest absolute Gasteiger partial charge is 0.257 e. The van der Waals surface area contributed by atoms with E-state index in [1.807, 2.05) is 11.8 Å². The number of amides is 1. The molecule has 0 saturated carbocycles. The molecule has 1 aromatic rings. The molecule has 1 aliphatic rings. The monoisotopic (exact) mass is 348 g/mol. The van der Waals surface area contributed by atoms with E-state index in [0.29, 0.717) is 12.1 Å². The third kappa shape index (κ3) is 3.41. The summed E-state index contributed by atoms with van der Waals surface area (Å²) in [4.78, 5) is 14.3. The number of carbonyl (C=O) groups is 1. The Kier molecular flexibility index (Phi) is 5.64. The van der Waals surface area contributed by atoms with Crippen LogP contribution in [0, 0.1) is 0 Å². The second-order valence-electron chi connectivity index (χ2n) is 4.64. The molecule has 0 radical (unpaired) electrons. The first-order chi connectivity index (χ1) is 8.50. The van der Waals surface area contributed by atoms with Crippen molar-refractivity contribution < 1.29 is 9.90 Å². The van der Waals surface area contributed by atoms with Crippen LogP contribution >= 0.6 is 28.3 Å². The molecule has 1 saturated heterocycles. The summed E-state index contributed by atoms with van der Waals surface area (Å²) in [7, 11) is 0. The normalized spacial score (nSPS) is 22.8. The van der Waals surface area contributed by atoms with Gasteiger partial charge < -0.3 is 15.3 Å². The van der Waals surface area contributed by atoms with Gasteiger partial charge in [-0.1, -0.05) is 15.9 Å². The molecule has 19 heavy (non-hydrogen) atoms. The van der Waals surface area contributed by atoms with Crippen molar-refractivity contribution >= 4 is 34.2 Å². The first-order valence-electron chi connectivity index (χ1n) is 6.03. The van der Waals surface area contributed by atoms with Crippen molar-refractivity contribution in [2.24, 2.45) is 0 Å². The summed E-state index contributed by atoms with van der Waals surface area (Å²) >= 11 is 3.32. The van der Waals surface area contributed by atoms with Gasteiger partial charge in [0.15, 0.2) is 0 Å². The largest absolute Gasteiger partial charge is 0.507 e. The number of halogens is 2. The molecular weight excluding hydrogens is 332 g/mol. The standard InChI is InChI=1S/C13H17BrN2O2.ClH/c1-8-9(2)16(6-5-15-8)13(18)11-7-10(14)3-4-12(11)17;/h3-4,7-9,15,17H,5-6H2,1-2H3;1H. The molecule has 106 valence electrons. The van der Waals surface area contributed by atoms with Gasteiger partial charge in [-0.15, -0.1) is 12.4 Å². The highest BCUT2D eigenvalue weighted by Crippen LogP contribution is 2.24. The first kappa shape index (κ1) is 16.3. The van der Waals surface area contributed by atoms with Crippen LogP contribution in [0.3, 0.4) is 0 Å². The molecule has 2 unspecified atom stereocenters. The highest BCUT2D eigenvalue weighted by atomic mass is 79.9. The number of phenolic OH excluding ortho intramolecular Hbond substituents is 1. The minimum Gasteiger partial charge on any atom is -0.507 e. The Hall–Kier alpha value is -0.780. The van der Waals surface area contributed by atoms with E-state index in [0.717, 1.165) is 11.0 Å². The van der Waals surface area contributed by atoms with Crippen LogP contribution in [0.25, 0.3) is 0 Å². The van der Waals surface area contributed by atoms with Crippen LogP contribution in [0.15, 0.2) is 22.7 Å². The van der Waals surface area contributed by atoms with Crippen LogP contribution in [-0.2, 0) is 0 Å². The third-order valence-corrected chi connectivity index (χ3v) is 3.98. The van der Waals surface area contributed by atoms with Gasteiger partial charge in [-0.05, 0) is 32.0 Å². The molecule has 0 spiro atoms. The lowest BCUT2D eigenvalue weighted by Gasteiger charge is -2.38. The van der Waals surface area contributed by atoms with E-state index < -0.39 is 0 Å². The van der Waals surface area contributed by atoms with Crippen molar-refractivity contribution in [3.05, 3.63) is 28.2 Å². The molecule has 1 amide bonds. The lowest BCUT2D eigenvalue weighted by molar-refractivity contribution is 0.0600. The fraction of sp³-hybridized carbons (Fsp3) is 0.462. The topological polar surface area (TPSA) is 52.6 Å². The maximum absolute atomic E-state index is 12.4. The van der Waals surface area contributed by atoms with Gasteiger partial charge in [0.1, 0.15) is 5.75 Å². The molecular formula is C13H18BrClN2O2. The van der Waals surface area contributed by atoms with Gasteiger partial charge in [0.05, 0.1) is 5.56 Å². The first-order valence-corrected chi connectivity index (χ1v) is 6.83. The summed E-state index contributed by atoms with van der Waals surface area (Å²) in [5.41, 5.74) is 0.352. The fourth-order valence-electron chi connectivity index (χ4n) is 2.18. The van der Waals surface area contributed by atoms with Gasteiger partial charge >= 0.3 is 0 Å². The molecule has 0 bridgehead atoms. The Balaban J connectivity index is 0.00000180. The van der Waals surface area contributed by atoms with Crippen LogP contribution in [-0.4, -0.2) is 41.1 Å². The summed E-state index contributed by atoms with van der Waals surface area (Å²) in [6.07, 6.45) is 0. The SMILES string of the molecule is CC1NCCN(C(=O)c2cc(Br)ccc2O)C1C.Cl. The van der Waals surface area contributed by atoms with Crippen molar-refractivity contribution in [2.45, 2.75) is 25.9 Å². The van der Waals surface area contributed by atoms with E-state index in [2.05, 4.69) is 28.2 Å². The van der Waals surface area contributed by atoms with Crippen molar-refractivity contribution in [3.8, 4) is 5.75 Å². The van der Waals surface area contributed by atoms with Crippen LogP contribution in [0.2, 0.25) is 0 Å². The number of carbonyl (C=O) groups excluding carboxylic acids is 1. The van der Waals surface area contributed by atoms with Crippen molar-refractivity contribution in [2.75, 3.05) is 13.1 Å². The Morgan fingerprint density at radius 1 is 1.47 bits per heavy atom. The molecule has 0 aliphatic carbocycles. The Bertz CT molecular complexity index is 470. The number of hydrogen-bond donors (Lipinski definition) is 2. The average molecular weight is 350 g/mol. The van der Waals surface area contributed by atoms with E-state index in [1.165, 1.54) is 6.07 Å². The van der Waals surface area contributed by atoms with Crippen LogP contribution in [0.1, 0.15) is 24.2 Å². The van der Waals surface area contributed by atoms with Crippen LogP contribution in [0.4, 0.5) is 0 Å². The zero-order valence-corrected chi connectivity index (χ0v) is 13.3. The van der Waals surface area contributed by atoms with Crippen molar-refractivity contribution in [1.82, 2.24) is 10.2 Å². The molecule has 1 fully saturated rings. The number of benzene rings is 1. The Labute approximate surface area is 127 Å². The molecule has 2 atom stereocenters. The summed E-state index contributed by atoms with van der Waals surface area (Å²) in [5.74, 6) is -0.0868. The van der Waals surface area contributed by atoms with E-state index in [-0.39, 0.29) is 36.1 Å². The molecule has 1 heterocycles. The van der Waals surface area contributed by atoms with Gasteiger partial charge in [-0.3, -0.25) is 4.79 Å². The summed E-state index contributed by atoms with van der Waals surface area (Å²) in [6, 6.07) is 5.29. The van der Waals surface area contributed by atoms with E-state index in [1.54, 1.807) is 12.1 Å². The summed E-state index contributed by atoms with van der Waals surface area (Å²) in [5, 5.41) is 13.1. The Morgan fingerprint density at radius 3 is 2.84 bits per heavy atom. The number of nitrogens with zero attached hydrogens (tertiary/aromatic N) is 1. The predicted octanol–water partition coefficient (Wildman–Crippen LogP) is 2.40. The molecule has 6 heteroatoms. The minimum absolute atomic E-state index is 0. The fourth-order valence-corrected chi connectivity index (χ4v) is 2.54. The molecule has 2 N–H and O–H groups in total. The van der Waals surface area contributed by atoms with E-state index in [4.69, 9.17) is 0 Å². The molecule has 2 rings (SSSR count). The lowest BCUT2D eigenvalue weighted by Crippen LogP contribution is -2.57. The molecule has 1 aromatic carbocycles. The number of aromatic hydroxyl groups is 1. The van der Waals surface area contributed by atoms with Gasteiger partial charge in [-0.25, -0.2) is 0 Å². The predicted molar refractivity (Wildman–Crippen MR) is 81.0 cm³/mol. The molecule has 1 aliphatic heterocycles. The molecule has 4 nitrogen and oxygen atoms in total. The van der Waals surface area contributed by atoms with E-state index in [9.17, 15) is 9.90 Å². The number of hydrogen-bond acceptors (Lipinski definition) is 3. The number of phenols is 1. The van der Waals surface area contributed by atoms with Crippen LogP contribution < -0.4 is 5.32 Å². The summed E-state index contributed by atoms with van der Waals surface area (Å²) < 4.78 is 0.791. The zero-order valence-electron chi connectivity index (χ0n) is 10.9. The maximum atomic E-state index is 12.4. The summed E-state index contributed by atoms with van der Waals surface area (Å²) in [6.45, 7) is 5.52. The average Bonchev–Trinajstić information content (AvgIpc) is 2.35. The molecule has 0 aromatic heterocycles. The highest BCUT2D eigenvalue weighted by Gasteiger charge is 2.29. The maximum Gasteiger partial charge on any atom is 0.257 e. The number of rotatable bonds is 1. The van der Waals surface area contributed by atoms with Gasteiger partial charge in [-0.2, -0.15) is 0 Å². The second-order valence-corrected chi connectivity index (χ2v) is 5.56. The van der Waals surface area contributed by atoms with Gasteiger partial charge in [0.2, 0.25) is 0 Å². The zero-order chi connectivity index (χ0) is 13.3. The number of nitrogens with one attached hydrogen (secondary N) is 1. The lowest BCUT2D eigenvalue weighted by atomic mass is 10.0. The minimum atomic E-state index is -0.116. The van der Waals surface area contributed by atoms with Crippen molar-refractivity contribution in [1.29, 1.82) is 0 Å². The number of piperazine rings is 1. The Morgan fingerprint density at radius 2 is 2.16 bits per heavy atom. The highest BCUT2D eigenvalue weighted by molar-refractivity contribution is 9.10. The van der Waals surface area contributed by atoms with Crippen LogP contribution in [0.5, 0.6) is 5.75 Å². The third-order valence-electron chi connectivity index (χ3n) is 3.48. The van der Waals surface area contributed by atoms with E-state index >= 15 is 0 Å². The van der Waals surface area contributed by atoms with Crippen molar-refractivity contribution in [3.63, 3.8) is 0 Å². The van der Waals surface area contributed by atoms with Gasteiger partial charge in [0, 0.05) is 29.6 Å².